The number of carbonyl (C=O) groups excluding carboxylic acids is 2. The van der Waals surface area contributed by atoms with Gasteiger partial charge in [0.25, 0.3) is 0 Å². The van der Waals surface area contributed by atoms with E-state index in [1.54, 1.807) is 14.0 Å². The summed E-state index contributed by atoms with van der Waals surface area (Å²) in [5.74, 6) is -0.454. The highest BCUT2D eigenvalue weighted by Crippen LogP contribution is 2.40. The van der Waals surface area contributed by atoms with Gasteiger partial charge in [-0.05, 0) is 12.5 Å². The lowest BCUT2D eigenvalue weighted by atomic mass is 9.93. The van der Waals surface area contributed by atoms with E-state index >= 15 is 0 Å². The molecule has 2 aliphatic rings. The lowest BCUT2D eigenvalue weighted by molar-refractivity contribution is -0.148. The first kappa shape index (κ1) is 17.5. The minimum Gasteiger partial charge on any atom is -0.464 e. The Labute approximate surface area is 147 Å². The third-order valence-corrected chi connectivity index (χ3v) is 4.79. The molecule has 0 bridgehead atoms. The molecule has 6 heteroatoms. The highest BCUT2D eigenvalue weighted by Gasteiger charge is 2.52. The normalized spacial score (nSPS) is 27.2. The summed E-state index contributed by atoms with van der Waals surface area (Å²) in [6.45, 7) is 2.61. The Morgan fingerprint density at radius 3 is 2.60 bits per heavy atom. The number of benzene rings is 1. The first-order valence-corrected chi connectivity index (χ1v) is 8.50. The van der Waals surface area contributed by atoms with E-state index in [-0.39, 0.29) is 31.2 Å². The van der Waals surface area contributed by atoms with Crippen LogP contribution in [0.1, 0.15) is 12.5 Å². The average Bonchev–Trinajstić information content (AvgIpc) is 3.19. The summed E-state index contributed by atoms with van der Waals surface area (Å²) in [6.07, 6.45) is 3.30. The quantitative estimate of drug-likeness (QED) is 0.606. The van der Waals surface area contributed by atoms with Crippen molar-refractivity contribution in [1.29, 1.82) is 0 Å². The molecular formula is C19H23NO5. The predicted molar refractivity (Wildman–Crippen MR) is 90.7 cm³/mol. The zero-order chi connectivity index (χ0) is 17.8. The zero-order valence-electron chi connectivity index (χ0n) is 14.5. The molecule has 6 nitrogen and oxygen atoms in total. The van der Waals surface area contributed by atoms with Crippen LogP contribution in [0, 0.1) is 11.8 Å². The van der Waals surface area contributed by atoms with Crippen LogP contribution in [0.25, 0.3) is 0 Å². The number of rotatable bonds is 5. The molecule has 0 unspecified atom stereocenters. The predicted octanol–water partition coefficient (Wildman–Crippen LogP) is 2.39. The maximum Gasteiger partial charge on any atom is 0.410 e. The molecular weight excluding hydrogens is 322 g/mol. The number of hydrogen-bond acceptors (Lipinski definition) is 5. The second-order valence-corrected chi connectivity index (χ2v) is 6.22. The molecule has 3 rings (SSSR count). The van der Waals surface area contributed by atoms with Crippen LogP contribution >= 0.6 is 0 Å². The molecule has 1 aliphatic carbocycles. The number of carbonyl (C=O) groups is 2. The third-order valence-electron chi connectivity index (χ3n) is 4.79. The zero-order valence-corrected chi connectivity index (χ0v) is 14.5. The van der Waals surface area contributed by atoms with E-state index in [2.05, 4.69) is 0 Å². The monoisotopic (exact) mass is 345 g/mol. The van der Waals surface area contributed by atoms with E-state index in [1.165, 1.54) is 4.90 Å². The van der Waals surface area contributed by atoms with Crippen molar-refractivity contribution >= 4 is 12.1 Å². The second kappa shape index (κ2) is 7.70. The fourth-order valence-corrected chi connectivity index (χ4v) is 3.61. The third kappa shape index (κ3) is 3.54. The number of fused-ring (bicyclic) bond motifs is 1. The van der Waals surface area contributed by atoms with Gasteiger partial charge in [0.2, 0.25) is 0 Å². The Balaban J connectivity index is 1.72. The number of methoxy groups -OCH3 is 1. The number of amides is 1. The van der Waals surface area contributed by atoms with Crippen molar-refractivity contribution < 1.29 is 23.8 Å². The molecule has 4 atom stereocenters. The highest BCUT2D eigenvalue weighted by atomic mass is 16.6. The van der Waals surface area contributed by atoms with Crippen LogP contribution < -0.4 is 0 Å². The summed E-state index contributed by atoms with van der Waals surface area (Å²) in [7, 11) is 1.63. The van der Waals surface area contributed by atoms with E-state index < -0.39 is 18.1 Å². The lowest BCUT2D eigenvalue weighted by Crippen LogP contribution is -2.44. The van der Waals surface area contributed by atoms with Crippen LogP contribution in [0.3, 0.4) is 0 Å². The fourth-order valence-electron chi connectivity index (χ4n) is 3.61. The van der Waals surface area contributed by atoms with Crippen LogP contribution in [-0.2, 0) is 25.6 Å². The molecule has 25 heavy (non-hydrogen) atoms. The molecule has 1 saturated heterocycles. The van der Waals surface area contributed by atoms with E-state index in [1.807, 2.05) is 42.5 Å². The van der Waals surface area contributed by atoms with Gasteiger partial charge in [-0.2, -0.15) is 0 Å². The molecule has 0 spiro atoms. The summed E-state index contributed by atoms with van der Waals surface area (Å²) in [5, 5.41) is 0. The molecule has 0 saturated carbocycles. The average molecular weight is 345 g/mol. The maximum absolute atomic E-state index is 12.6. The van der Waals surface area contributed by atoms with E-state index in [0.29, 0.717) is 6.54 Å². The molecule has 1 aromatic rings. The summed E-state index contributed by atoms with van der Waals surface area (Å²) >= 11 is 0. The van der Waals surface area contributed by atoms with Gasteiger partial charge in [0.15, 0.2) is 0 Å². The summed E-state index contributed by atoms with van der Waals surface area (Å²) < 4.78 is 16.1. The van der Waals surface area contributed by atoms with Gasteiger partial charge in [0, 0.05) is 25.5 Å². The molecule has 1 aliphatic heterocycles. The van der Waals surface area contributed by atoms with Gasteiger partial charge in [-0.15, -0.1) is 0 Å². The number of nitrogens with zero attached hydrogens (tertiary/aromatic N) is 1. The van der Waals surface area contributed by atoms with Crippen molar-refractivity contribution in [2.75, 3.05) is 20.3 Å². The largest absolute Gasteiger partial charge is 0.464 e. The SMILES string of the molecule is CCOC(=O)[C@@H]1[C@H]2C=C[C@@H](OC)[C@H]2CN1C(=O)OCc1ccccc1. The van der Waals surface area contributed by atoms with Crippen molar-refractivity contribution in [3.63, 3.8) is 0 Å². The minimum absolute atomic E-state index is 0.0451. The van der Waals surface area contributed by atoms with E-state index in [0.717, 1.165) is 5.56 Å². The van der Waals surface area contributed by atoms with E-state index in [4.69, 9.17) is 14.2 Å². The van der Waals surface area contributed by atoms with Gasteiger partial charge >= 0.3 is 12.1 Å². The smallest absolute Gasteiger partial charge is 0.410 e. The van der Waals surface area contributed by atoms with Crippen molar-refractivity contribution in [2.45, 2.75) is 25.7 Å². The van der Waals surface area contributed by atoms with Crippen LogP contribution in [0.5, 0.6) is 0 Å². The van der Waals surface area contributed by atoms with Crippen LogP contribution in [0.15, 0.2) is 42.5 Å². The summed E-state index contributed by atoms with van der Waals surface area (Å²) in [5.41, 5.74) is 0.901. The number of hydrogen-bond donors (Lipinski definition) is 0. The van der Waals surface area contributed by atoms with Gasteiger partial charge in [0.1, 0.15) is 12.6 Å². The molecule has 1 fully saturated rings. The van der Waals surface area contributed by atoms with Crippen LogP contribution in [0.4, 0.5) is 4.79 Å². The molecule has 0 aromatic heterocycles. The van der Waals surface area contributed by atoms with Gasteiger partial charge in [-0.3, -0.25) is 4.90 Å². The van der Waals surface area contributed by atoms with Gasteiger partial charge in [0.05, 0.1) is 12.7 Å². The first-order valence-electron chi connectivity index (χ1n) is 8.50. The Bertz CT molecular complexity index is 644. The Morgan fingerprint density at radius 2 is 1.92 bits per heavy atom. The molecule has 1 heterocycles. The minimum atomic E-state index is -0.662. The molecule has 0 N–H and O–H groups in total. The maximum atomic E-state index is 12.6. The van der Waals surface area contributed by atoms with Crippen molar-refractivity contribution in [1.82, 2.24) is 4.90 Å². The highest BCUT2D eigenvalue weighted by molar-refractivity contribution is 5.83. The van der Waals surface area contributed by atoms with Gasteiger partial charge < -0.3 is 14.2 Å². The summed E-state index contributed by atoms with van der Waals surface area (Å²) in [4.78, 5) is 26.5. The Hall–Kier alpha value is -2.34. The van der Waals surface area contributed by atoms with Crippen molar-refractivity contribution in [3.05, 3.63) is 48.0 Å². The summed E-state index contributed by atoms with van der Waals surface area (Å²) in [6, 6.07) is 8.79. The topological polar surface area (TPSA) is 65.1 Å². The lowest BCUT2D eigenvalue weighted by Gasteiger charge is -2.24. The molecule has 134 valence electrons. The van der Waals surface area contributed by atoms with Gasteiger partial charge in [-0.25, -0.2) is 9.59 Å². The fraction of sp³-hybridized carbons (Fsp3) is 0.474. The molecule has 1 aromatic carbocycles. The standard InChI is InChI=1S/C19H23NO5/c1-3-24-18(21)17-14-9-10-16(23-2)15(14)11-20(17)19(22)25-12-13-7-5-4-6-8-13/h4-10,14-17H,3,11-12H2,1-2H3/t14-,15-,16+,17-/m0/s1. The van der Waals surface area contributed by atoms with Crippen LogP contribution in [0.2, 0.25) is 0 Å². The van der Waals surface area contributed by atoms with Gasteiger partial charge in [-0.1, -0.05) is 42.5 Å². The first-order chi connectivity index (χ1) is 12.2. The number of likely N-dealkylation sites (tertiary alicyclic amines) is 1. The Kier molecular flexibility index (Phi) is 5.38. The van der Waals surface area contributed by atoms with Crippen molar-refractivity contribution in [2.24, 2.45) is 11.8 Å². The number of ether oxygens (including phenoxy) is 3. The molecule has 1 amide bonds. The second-order valence-electron chi connectivity index (χ2n) is 6.22. The number of esters is 1. The molecule has 0 radical (unpaired) electrons. The Morgan fingerprint density at radius 1 is 1.16 bits per heavy atom. The van der Waals surface area contributed by atoms with Crippen LogP contribution in [-0.4, -0.2) is 49.4 Å². The van der Waals surface area contributed by atoms with E-state index in [9.17, 15) is 9.59 Å². The van der Waals surface area contributed by atoms with Crippen molar-refractivity contribution in [3.8, 4) is 0 Å².